The molecule has 0 saturated carbocycles. The maximum Gasteiger partial charge on any atom is 0.120 e. The number of methoxy groups -OCH3 is 1. The fourth-order valence-corrected chi connectivity index (χ4v) is 2.38. The summed E-state index contributed by atoms with van der Waals surface area (Å²) in [6, 6.07) is 8.07. The third-order valence-electron chi connectivity index (χ3n) is 4.15. The summed E-state index contributed by atoms with van der Waals surface area (Å²) in [5, 5.41) is 12.8. The highest BCUT2D eigenvalue weighted by atomic mass is 16.5. The van der Waals surface area contributed by atoms with Crippen molar-refractivity contribution in [2.45, 2.75) is 31.7 Å². The van der Waals surface area contributed by atoms with Crippen LogP contribution in [0.15, 0.2) is 24.3 Å². The molecule has 4 heteroatoms. The highest BCUT2D eigenvalue weighted by Crippen LogP contribution is 2.21. The number of nitrogens with one attached hydrogen (secondary N) is 1. The lowest BCUT2D eigenvalue weighted by Crippen LogP contribution is -2.46. The average molecular weight is 280 g/mol. The summed E-state index contributed by atoms with van der Waals surface area (Å²) >= 11 is 0. The Hall–Kier alpha value is -1.26. The van der Waals surface area contributed by atoms with E-state index in [4.69, 9.17) is 4.74 Å². The van der Waals surface area contributed by atoms with Crippen LogP contribution < -0.4 is 15.0 Å². The summed E-state index contributed by atoms with van der Waals surface area (Å²) in [5.41, 5.74) is 1.01. The van der Waals surface area contributed by atoms with Crippen molar-refractivity contribution < 1.29 is 9.84 Å². The summed E-state index contributed by atoms with van der Waals surface area (Å²) in [6.07, 6.45) is 2.93. The van der Waals surface area contributed by atoms with E-state index >= 15 is 0 Å². The average Bonchev–Trinajstić information content (AvgIpc) is 2.52. The number of benzene rings is 1. The summed E-state index contributed by atoms with van der Waals surface area (Å²) < 4.78 is 5.25. The van der Waals surface area contributed by atoms with Gasteiger partial charge >= 0.3 is 0 Å². The number of aliphatic hydroxyl groups is 1. The molecule has 0 heterocycles. The normalized spacial score (nSPS) is 13.8. The van der Waals surface area contributed by atoms with Gasteiger partial charge in [0.15, 0.2) is 0 Å². The van der Waals surface area contributed by atoms with E-state index in [1.165, 1.54) is 0 Å². The molecule has 0 spiro atoms. The molecule has 0 amide bonds. The van der Waals surface area contributed by atoms with E-state index in [0.29, 0.717) is 0 Å². The molecule has 0 aliphatic heterocycles. The fourth-order valence-electron chi connectivity index (χ4n) is 2.38. The monoisotopic (exact) mass is 280 g/mol. The number of aliphatic hydroxyl groups excluding tert-OH is 1. The van der Waals surface area contributed by atoms with Gasteiger partial charge in [0.1, 0.15) is 5.75 Å². The molecule has 1 aromatic rings. The molecule has 0 aliphatic carbocycles. The molecule has 0 aliphatic rings. The molecule has 20 heavy (non-hydrogen) atoms. The Morgan fingerprint density at radius 1 is 1.40 bits per heavy atom. The van der Waals surface area contributed by atoms with Crippen molar-refractivity contribution in [1.29, 1.82) is 0 Å². The second-order valence-electron chi connectivity index (χ2n) is 5.27. The molecule has 2 N–H and O–H groups in total. The molecule has 0 bridgehead atoms. The van der Waals surface area contributed by atoms with Gasteiger partial charge in [-0.3, -0.25) is 0 Å². The van der Waals surface area contributed by atoms with Gasteiger partial charge in [0, 0.05) is 30.9 Å². The van der Waals surface area contributed by atoms with Crippen LogP contribution in [0.1, 0.15) is 26.2 Å². The zero-order valence-electron chi connectivity index (χ0n) is 13.1. The number of nitrogens with zero attached hydrogens (tertiary/aromatic N) is 1. The van der Waals surface area contributed by atoms with Gasteiger partial charge in [-0.15, -0.1) is 0 Å². The van der Waals surface area contributed by atoms with Crippen molar-refractivity contribution in [3.05, 3.63) is 24.3 Å². The molecule has 114 valence electrons. The Morgan fingerprint density at radius 3 is 2.70 bits per heavy atom. The third kappa shape index (κ3) is 4.39. The molecule has 0 fully saturated rings. The zero-order valence-corrected chi connectivity index (χ0v) is 13.1. The molecule has 4 nitrogen and oxygen atoms in total. The Balaban J connectivity index is 2.52. The first-order chi connectivity index (χ1) is 9.60. The molecule has 1 aromatic carbocycles. The number of hydrogen-bond donors (Lipinski definition) is 2. The molecule has 0 saturated heterocycles. The van der Waals surface area contributed by atoms with E-state index < -0.39 is 0 Å². The number of anilines is 1. The maximum atomic E-state index is 9.53. The highest BCUT2D eigenvalue weighted by Gasteiger charge is 2.24. The molecular weight excluding hydrogens is 252 g/mol. The molecule has 1 unspecified atom stereocenters. The largest absolute Gasteiger partial charge is 0.497 e. The Kier molecular flexibility index (Phi) is 6.82. The lowest BCUT2D eigenvalue weighted by Gasteiger charge is -2.31. The van der Waals surface area contributed by atoms with Gasteiger partial charge in [-0.25, -0.2) is 0 Å². The van der Waals surface area contributed by atoms with Crippen LogP contribution in [-0.2, 0) is 0 Å². The van der Waals surface area contributed by atoms with Crippen LogP contribution in [-0.4, -0.2) is 45.0 Å². The summed E-state index contributed by atoms with van der Waals surface area (Å²) in [6.45, 7) is 3.25. The SMILES string of the molecule is CCC(CO)(CCCN(C)c1cccc(OC)c1)NC. The molecule has 1 rings (SSSR count). The van der Waals surface area contributed by atoms with Crippen molar-refractivity contribution in [3.8, 4) is 5.75 Å². The first-order valence-electron chi connectivity index (χ1n) is 7.25. The summed E-state index contributed by atoms with van der Waals surface area (Å²) in [7, 11) is 5.69. The number of likely N-dealkylation sites (N-methyl/N-ethyl adjacent to an activating group) is 1. The van der Waals surface area contributed by atoms with Crippen molar-refractivity contribution >= 4 is 5.69 Å². The van der Waals surface area contributed by atoms with Crippen LogP contribution in [0.5, 0.6) is 5.75 Å². The van der Waals surface area contributed by atoms with Gasteiger partial charge in [0.2, 0.25) is 0 Å². The third-order valence-corrected chi connectivity index (χ3v) is 4.15. The van der Waals surface area contributed by atoms with Gasteiger partial charge in [0.25, 0.3) is 0 Å². The highest BCUT2D eigenvalue weighted by molar-refractivity contribution is 5.49. The van der Waals surface area contributed by atoms with Crippen LogP contribution in [0.4, 0.5) is 5.69 Å². The minimum atomic E-state index is -0.144. The van der Waals surface area contributed by atoms with Gasteiger partial charge in [-0.05, 0) is 38.4 Å². The van der Waals surface area contributed by atoms with Crippen molar-refractivity contribution in [1.82, 2.24) is 5.32 Å². The van der Waals surface area contributed by atoms with Crippen LogP contribution in [0, 0.1) is 0 Å². The zero-order chi connectivity index (χ0) is 15.0. The quantitative estimate of drug-likeness (QED) is 0.728. The fraction of sp³-hybridized carbons (Fsp3) is 0.625. The Bertz CT molecular complexity index is 384. The molecule has 0 radical (unpaired) electrons. The lowest BCUT2D eigenvalue weighted by molar-refractivity contribution is 0.153. The van der Waals surface area contributed by atoms with Gasteiger partial charge in [0.05, 0.1) is 13.7 Å². The van der Waals surface area contributed by atoms with E-state index in [2.05, 4.69) is 30.3 Å². The van der Waals surface area contributed by atoms with Gasteiger partial charge in [-0.1, -0.05) is 13.0 Å². The number of rotatable bonds is 9. The smallest absolute Gasteiger partial charge is 0.120 e. The predicted molar refractivity (Wildman–Crippen MR) is 84.7 cm³/mol. The number of ether oxygens (including phenoxy) is 1. The number of hydrogen-bond acceptors (Lipinski definition) is 4. The van der Waals surface area contributed by atoms with Gasteiger partial charge < -0.3 is 20.1 Å². The maximum absolute atomic E-state index is 9.53. The van der Waals surface area contributed by atoms with Gasteiger partial charge in [-0.2, -0.15) is 0 Å². The molecular formula is C16H28N2O2. The van der Waals surface area contributed by atoms with Crippen molar-refractivity contribution in [2.75, 3.05) is 39.3 Å². The second-order valence-corrected chi connectivity index (χ2v) is 5.27. The van der Waals surface area contributed by atoms with E-state index in [1.807, 2.05) is 25.2 Å². The molecule has 0 aromatic heterocycles. The van der Waals surface area contributed by atoms with Crippen LogP contribution in [0.2, 0.25) is 0 Å². The van der Waals surface area contributed by atoms with E-state index in [1.54, 1.807) is 7.11 Å². The Morgan fingerprint density at radius 2 is 2.15 bits per heavy atom. The van der Waals surface area contributed by atoms with Crippen molar-refractivity contribution in [3.63, 3.8) is 0 Å². The van der Waals surface area contributed by atoms with E-state index in [9.17, 15) is 5.11 Å². The lowest BCUT2D eigenvalue weighted by atomic mass is 9.91. The van der Waals surface area contributed by atoms with Crippen molar-refractivity contribution in [2.24, 2.45) is 0 Å². The first kappa shape index (κ1) is 16.8. The standard InChI is InChI=1S/C16H28N2O2/c1-5-16(13-19,17-2)10-7-11-18(3)14-8-6-9-15(12-14)20-4/h6,8-9,12,17,19H,5,7,10-11,13H2,1-4H3. The summed E-state index contributed by atoms with van der Waals surface area (Å²) in [4.78, 5) is 2.22. The Labute approximate surface area is 122 Å². The first-order valence-corrected chi connectivity index (χ1v) is 7.25. The predicted octanol–water partition coefficient (Wildman–Crippen LogP) is 2.27. The summed E-state index contributed by atoms with van der Waals surface area (Å²) in [5.74, 6) is 0.878. The van der Waals surface area contributed by atoms with E-state index in [-0.39, 0.29) is 12.1 Å². The van der Waals surface area contributed by atoms with Crippen LogP contribution in [0.25, 0.3) is 0 Å². The molecule has 1 atom stereocenters. The topological polar surface area (TPSA) is 44.7 Å². The van der Waals surface area contributed by atoms with E-state index in [0.717, 1.165) is 37.2 Å². The minimum Gasteiger partial charge on any atom is -0.497 e. The van der Waals surface area contributed by atoms with Crippen LogP contribution in [0.3, 0.4) is 0 Å². The minimum absolute atomic E-state index is 0.144. The van der Waals surface area contributed by atoms with Crippen LogP contribution >= 0.6 is 0 Å². The second kappa shape index (κ2) is 8.12.